The zero-order chi connectivity index (χ0) is 22.5. The minimum atomic E-state index is 0.00234. The lowest BCUT2D eigenvalue weighted by Crippen LogP contribution is -2.34. The number of rotatable bonds is 5. The Labute approximate surface area is 191 Å². The van der Waals surface area contributed by atoms with Gasteiger partial charge in [-0.05, 0) is 44.5 Å². The number of hydrogen-bond donors (Lipinski definition) is 2. The van der Waals surface area contributed by atoms with Gasteiger partial charge in [0, 0.05) is 41.8 Å². The number of fused-ring (bicyclic) bond motifs is 3. The smallest absolute Gasteiger partial charge is 0.154 e. The molecule has 9 heteroatoms. The molecule has 0 aromatic carbocycles. The number of hydrogen-bond acceptors (Lipinski definition) is 8. The molecule has 2 aliphatic rings. The second-order valence-electron chi connectivity index (χ2n) is 8.67. The van der Waals surface area contributed by atoms with Crippen LogP contribution in [0.25, 0.3) is 16.6 Å². The molecule has 168 valence electrons. The lowest BCUT2D eigenvalue weighted by Gasteiger charge is -2.19. The van der Waals surface area contributed by atoms with E-state index in [0.29, 0.717) is 6.61 Å². The minimum absolute atomic E-state index is 0.00234. The Morgan fingerprint density at radius 1 is 1.09 bits per heavy atom. The van der Waals surface area contributed by atoms with E-state index >= 15 is 0 Å². The summed E-state index contributed by atoms with van der Waals surface area (Å²) < 4.78 is 14.1. The van der Waals surface area contributed by atoms with E-state index < -0.39 is 0 Å². The van der Waals surface area contributed by atoms with Crippen molar-refractivity contribution in [1.29, 1.82) is 0 Å². The highest BCUT2D eigenvalue weighted by Gasteiger charge is 2.45. The van der Waals surface area contributed by atoms with Crippen molar-refractivity contribution >= 4 is 17.2 Å². The fourth-order valence-corrected chi connectivity index (χ4v) is 4.60. The molecule has 3 atom stereocenters. The number of anilines is 2. The van der Waals surface area contributed by atoms with E-state index in [1.807, 2.05) is 55.9 Å². The lowest BCUT2D eigenvalue weighted by molar-refractivity contribution is 0.0596. The monoisotopic (exact) mass is 443 g/mol. The highest BCUT2D eigenvalue weighted by molar-refractivity contribution is 5.75. The number of nitrogens with zero attached hydrogens (tertiary/aromatic N) is 5. The van der Waals surface area contributed by atoms with Gasteiger partial charge in [0.2, 0.25) is 0 Å². The third-order valence-corrected chi connectivity index (χ3v) is 6.10. The Hall–Kier alpha value is -3.56. The van der Waals surface area contributed by atoms with E-state index in [2.05, 4.69) is 42.8 Å². The number of morpholine rings is 1. The van der Waals surface area contributed by atoms with Gasteiger partial charge in [-0.15, -0.1) is 0 Å². The van der Waals surface area contributed by atoms with E-state index in [0.717, 1.165) is 57.8 Å². The molecular formula is C24H25N7O2. The first-order valence-electron chi connectivity index (χ1n) is 11.1. The predicted molar refractivity (Wildman–Crippen MR) is 124 cm³/mol. The molecule has 0 aliphatic carbocycles. The second-order valence-corrected chi connectivity index (χ2v) is 8.67. The summed E-state index contributed by atoms with van der Waals surface area (Å²) in [5.74, 6) is 2.94. The molecule has 2 saturated heterocycles. The molecule has 0 amide bonds. The molecule has 2 N–H and O–H groups in total. The molecule has 9 nitrogen and oxygen atoms in total. The van der Waals surface area contributed by atoms with Crippen LogP contribution in [0.5, 0.6) is 5.75 Å². The van der Waals surface area contributed by atoms with Crippen molar-refractivity contribution in [2.24, 2.45) is 0 Å². The van der Waals surface area contributed by atoms with Crippen LogP contribution < -0.4 is 15.4 Å². The molecular weight excluding hydrogens is 418 g/mol. The summed E-state index contributed by atoms with van der Waals surface area (Å²) >= 11 is 0. The zero-order valence-electron chi connectivity index (χ0n) is 18.7. The van der Waals surface area contributed by atoms with Crippen molar-refractivity contribution in [3.8, 4) is 16.9 Å². The maximum Gasteiger partial charge on any atom is 0.154 e. The van der Waals surface area contributed by atoms with Crippen molar-refractivity contribution in [1.82, 2.24) is 29.9 Å². The van der Waals surface area contributed by atoms with Crippen LogP contribution in [0, 0.1) is 20.8 Å². The van der Waals surface area contributed by atoms with E-state index in [1.165, 1.54) is 0 Å². The Balaban J connectivity index is 1.32. The topological polar surface area (TPSA) is 98.5 Å². The van der Waals surface area contributed by atoms with Crippen molar-refractivity contribution in [3.63, 3.8) is 0 Å². The van der Waals surface area contributed by atoms with Gasteiger partial charge in [0.1, 0.15) is 29.6 Å². The average Bonchev–Trinajstić information content (AvgIpc) is 3.47. The minimum Gasteiger partial charge on any atom is -0.484 e. The summed E-state index contributed by atoms with van der Waals surface area (Å²) in [7, 11) is 0. The van der Waals surface area contributed by atoms with Gasteiger partial charge in [-0.1, -0.05) is 0 Å². The van der Waals surface area contributed by atoms with Crippen LogP contribution in [0.2, 0.25) is 0 Å². The summed E-state index contributed by atoms with van der Waals surface area (Å²) in [5.41, 5.74) is 4.86. The standard InChI is InChI=1S/C24H25N7O2/c1-13-6-18(20(10-25-13)33-24-19-12-32-21(24)11-26-19)16-4-5-31-17(8-16)9-23(30-31)29-22-7-14(2)27-15(3)28-22/h4-10,19,21,24,26H,11-12H2,1-3H3,(H,27,28,29,30)/t19-,21-,24+/m0/s1. The molecule has 0 unspecified atom stereocenters. The molecule has 33 heavy (non-hydrogen) atoms. The summed E-state index contributed by atoms with van der Waals surface area (Å²) in [6, 6.07) is 10.3. The summed E-state index contributed by atoms with van der Waals surface area (Å²) in [5, 5.41) is 11.4. The Bertz CT molecular complexity index is 1310. The molecule has 4 aromatic heterocycles. The molecule has 6 heterocycles. The molecule has 2 fully saturated rings. The van der Waals surface area contributed by atoms with Crippen LogP contribution in [-0.4, -0.2) is 56.0 Å². The van der Waals surface area contributed by atoms with Gasteiger partial charge in [0.15, 0.2) is 5.82 Å². The van der Waals surface area contributed by atoms with Crippen molar-refractivity contribution in [3.05, 3.63) is 59.9 Å². The predicted octanol–water partition coefficient (Wildman–Crippen LogP) is 2.97. The lowest BCUT2D eigenvalue weighted by atomic mass is 10.1. The summed E-state index contributed by atoms with van der Waals surface area (Å²) in [4.78, 5) is 13.2. The third kappa shape index (κ3) is 3.79. The van der Waals surface area contributed by atoms with Crippen LogP contribution in [0.4, 0.5) is 11.6 Å². The highest BCUT2D eigenvalue weighted by atomic mass is 16.6. The molecule has 0 radical (unpaired) electrons. The second kappa shape index (κ2) is 7.79. The fraction of sp³-hybridized carbons (Fsp3) is 0.333. The molecule has 6 rings (SSSR count). The van der Waals surface area contributed by atoms with Crippen LogP contribution in [0.3, 0.4) is 0 Å². The fourth-order valence-electron chi connectivity index (χ4n) is 4.60. The zero-order valence-corrected chi connectivity index (χ0v) is 18.7. The van der Waals surface area contributed by atoms with Crippen molar-refractivity contribution in [2.45, 2.75) is 39.0 Å². The number of nitrogens with one attached hydrogen (secondary N) is 2. The average molecular weight is 444 g/mol. The first-order chi connectivity index (χ1) is 16.0. The Morgan fingerprint density at radius 3 is 2.76 bits per heavy atom. The van der Waals surface area contributed by atoms with Gasteiger partial charge < -0.3 is 20.1 Å². The molecule has 2 aliphatic heterocycles. The van der Waals surface area contributed by atoms with Crippen LogP contribution in [-0.2, 0) is 4.74 Å². The first kappa shape index (κ1) is 20.1. The first-order valence-corrected chi connectivity index (χ1v) is 11.1. The molecule has 0 saturated carbocycles. The van der Waals surface area contributed by atoms with Gasteiger partial charge in [0.05, 0.1) is 24.4 Å². The SMILES string of the molecule is Cc1cc(-c2ccn3nc(Nc4cc(C)nc(C)n4)cc3c2)c(O[C@@H]2[C@@H]3CO[C@H]2CN3)cn1. The van der Waals surface area contributed by atoms with E-state index in [9.17, 15) is 0 Å². The molecule has 2 bridgehead atoms. The van der Waals surface area contributed by atoms with Gasteiger partial charge in [-0.25, -0.2) is 14.5 Å². The normalized spacial score (nSPS) is 21.6. The van der Waals surface area contributed by atoms with Gasteiger partial charge in [0.25, 0.3) is 0 Å². The van der Waals surface area contributed by atoms with Gasteiger partial charge >= 0.3 is 0 Å². The number of pyridine rings is 2. The molecule has 0 spiro atoms. The molecule has 4 aromatic rings. The Kier molecular flexibility index (Phi) is 4.74. The van der Waals surface area contributed by atoms with Gasteiger partial charge in [-0.3, -0.25) is 4.98 Å². The van der Waals surface area contributed by atoms with Crippen LogP contribution in [0.1, 0.15) is 17.2 Å². The van der Waals surface area contributed by atoms with E-state index in [4.69, 9.17) is 9.47 Å². The van der Waals surface area contributed by atoms with Crippen LogP contribution >= 0.6 is 0 Å². The highest BCUT2D eigenvalue weighted by Crippen LogP contribution is 2.34. The number of ether oxygens (including phenoxy) is 2. The van der Waals surface area contributed by atoms with E-state index in [-0.39, 0.29) is 18.2 Å². The Morgan fingerprint density at radius 2 is 2.00 bits per heavy atom. The largest absolute Gasteiger partial charge is 0.484 e. The maximum atomic E-state index is 6.42. The summed E-state index contributed by atoms with van der Waals surface area (Å²) in [6.45, 7) is 7.33. The third-order valence-electron chi connectivity index (χ3n) is 6.10. The maximum absolute atomic E-state index is 6.42. The number of aryl methyl sites for hydroxylation is 3. The van der Waals surface area contributed by atoms with E-state index in [1.54, 1.807) is 0 Å². The van der Waals surface area contributed by atoms with Crippen molar-refractivity contribution in [2.75, 3.05) is 18.5 Å². The number of aromatic nitrogens is 5. The van der Waals surface area contributed by atoms with Crippen molar-refractivity contribution < 1.29 is 9.47 Å². The summed E-state index contributed by atoms with van der Waals surface area (Å²) in [6.07, 6.45) is 3.86. The quantitative estimate of drug-likeness (QED) is 0.486. The van der Waals surface area contributed by atoms with Crippen LogP contribution in [0.15, 0.2) is 42.7 Å². The van der Waals surface area contributed by atoms with Gasteiger partial charge in [-0.2, -0.15) is 5.10 Å².